The molecule has 34 heavy (non-hydrogen) atoms. The van der Waals surface area contributed by atoms with Crippen LogP contribution in [0.15, 0.2) is 18.2 Å². The number of carbonyl (C=O) groups is 2. The third-order valence-corrected chi connectivity index (χ3v) is 7.19. The Balaban J connectivity index is 1.09. The Bertz CT molecular complexity index is 972. The van der Waals surface area contributed by atoms with Gasteiger partial charge >= 0.3 is 6.36 Å². The Labute approximate surface area is 198 Å². The highest BCUT2D eigenvalue weighted by Crippen LogP contribution is 2.41. The molecule has 12 heteroatoms. The summed E-state index contributed by atoms with van der Waals surface area (Å²) < 4.78 is 52.2. The van der Waals surface area contributed by atoms with E-state index < -0.39 is 30.6 Å². The molecule has 4 aliphatic rings. The van der Waals surface area contributed by atoms with E-state index in [0.29, 0.717) is 29.2 Å². The first-order valence-corrected chi connectivity index (χ1v) is 11.6. The maximum Gasteiger partial charge on any atom is 0.522 e. The van der Waals surface area contributed by atoms with Gasteiger partial charge < -0.3 is 25.2 Å². The van der Waals surface area contributed by atoms with Crippen LogP contribution in [0.1, 0.15) is 43.8 Å². The normalized spacial score (nSPS) is 36.3. The monoisotopic (exact) mass is 504 g/mol. The molecule has 6 atom stereocenters. The SMILES string of the molecule is O=C(N[C@H]1C[C@@H](OC(F)(F)F)C1)C1CC2OC1CC2NC(=O)[C@H]1C[C@@H](O)c2cc(Cl)ccc2O1. The van der Waals surface area contributed by atoms with Gasteiger partial charge in [-0.15, -0.1) is 13.2 Å². The Morgan fingerprint density at radius 2 is 1.82 bits per heavy atom. The van der Waals surface area contributed by atoms with E-state index in [-0.39, 0.29) is 55.4 Å². The highest BCUT2D eigenvalue weighted by Gasteiger charge is 2.51. The van der Waals surface area contributed by atoms with E-state index in [0.717, 1.165) is 0 Å². The van der Waals surface area contributed by atoms with Crippen LogP contribution in [0, 0.1) is 5.92 Å². The van der Waals surface area contributed by atoms with E-state index in [2.05, 4.69) is 15.4 Å². The van der Waals surface area contributed by atoms with E-state index in [1.165, 1.54) is 0 Å². The maximum absolute atomic E-state index is 12.8. The van der Waals surface area contributed by atoms with Gasteiger partial charge in [-0.2, -0.15) is 0 Å². The summed E-state index contributed by atoms with van der Waals surface area (Å²) in [6, 6.07) is 4.21. The number of benzene rings is 1. The molecule has 2 amide bonds. The van der Waals surface area contributed by atoms with Gasteiger partial charge in [0.25, 0.3) is 5.91 Å². The second-order valence-electron chi connectivity index (χ2n) is 9.31. The highest BCUT2D eigenvalue weighted by atomic mass is 35.5. The summed E-state index contributed by atoms with van der Waals surface area (Å²) in [4.78, 5) is 25.4. The maximum atomic E-state index is 12.8. The fourth-order valence-electron chi connectivity index (χ4n) is 5.22. The molecule has 2 bridgehead atoms. The van der Waals surface area contributed by atoms with Crippen molar-refractivity contribution in [3.05, 3.63) is 28.8 Å². The van der Waals surface area contributed by atoms with Gasteiger partial charge in [-0.3, -0.25) is 14.3 Å². The summed E-state index contributed by atoms with van der Waals surface area (Å²) in [7, 11) is 0. The Morgan fingerprint density at radius 1 is 1.06 bits per heavy atom. The van der Waals surface area contributed by atoms with Crippen molar-refractivity contribution >= 4 is 23.4 Å². The number of hydrogen-bond donors (Lipinski definition) is 3. The highest BCUT2D eigenvalue weighted by molar-refractivity contribution is 6.30. The smallest absolute Gasteiger partial charge is 0.480 e. The molecule has 1 saturated carbocycles. The van der Waals surface area contributed by atoms with E-state index in [4.69, 9.17) is 21.1 Å². The lowest BCUT2D eigenvalue weighted by Crippen LogP contribution is -2.53. The summed E-state index contributed by atoms with van der Waals surface area (Å²) in [5, 5.41) is 16.5. The van der Waals surface area contributed by atoms with Gasteiger partial charge in [0.15, 0.2) is 6.10 Å². The van der Waals surface area contributed by atoms with Crippen LogP contribution >= 0.6 is 11.6 Å². The van der Waals surface area contributed by atoms with Crippen LogP contribution in [-0.2, 0) is 19.1 Å². The Hall–Kier alpha value is -2.08. The van der Waals surface area contributed by atoms with Crippen molar-refractivity contribution < 1.29 is 42.1 Å². The molecule has 5 rings (SSSR count). The van der Waals surface area contributed by atoms with Crippen LogP contribution in [0.5, 0.6) is 5.75 Å². The molecule has 3 heterocycles. The van der Waals surface area contributed by atoms with Gasteiger partial charge in [-0.05, 0) is 43.9 Å². The first kappa shape index (κ1) is 23.7. The zero-order valence-electron chi connectivity index (χ0n) is 17.9. The van der Waals surface area contributed by atoms with Gasteiger partial charge in [0, 0.05) is 23.0 Å². The van der Waals surface area contributed by atoms with Crippen molar-refractivity contribution in [1.82, 2.24) is 10.6 Å². The van der Waals surface area contributed by atoms with Crippen molar-refractivity contribution in [2.75, 3.05) is 0 Å². The minimum Gasteiger partial charge on any atom is -0.480 e. The molecule has 1 aromatic rings. The van der Waals surface area contributed by atoms with Gasteiger partial charge in [0.2, 0.25) is 5.91 Å². The molecule has 0 aromatic heterocycles. The second kappa shape index (κ2) is 8.85. The largest absolute Gasteiger partial charge is 0.522 e. The standard InChI is InChI=1S/C22H24ClF3N2O6/c23-9-1-2-16-12(3-9)15(29)8-19(32-16)21(31)28-14-7-17-13(6-18(14)33-17)20(30)27-10-4-11(5-10)34-22(24,25)26/h1-3,10-11,13-15,17-19,29H,4-8H2,(H,27,30)(H,28,31)/t10-,11+,13?,14?,15-,17?,18?,19-/m1/s1. The fraction of sp³-hybridized carbons (Fsp3) is 0.636. The molecular weight excluding hydrogens is 481 g/mol. The summed E-state index contributed by atoms with van der Waals surface area (Å²) >= 11 is 5.96. The number of nitrogens with one attached hydrogen (secondary N) is 2. The third-order valence-electron chi connectivity index (χ3n) is 6.96. The zero-order chi connectivity index (χ0) is 24.2. The average molecular weight is 505 g/mol. The minimum atomic E-state index is -4.67. The number of halogens is 4. The molecule has 0 spiro atoms. The molecule has 2 saturated heterocycles. The van der Waals surface area contributed by atoms with Crippen LogP contribution < -0.4 is 15.4 Å². The van der Waals surface area contributed by atoms with Gasteiger partial charge in [0.1, 0.15) is 5.75 Å². The van der Waals surface area contributed by atoms with Crippen LogP contribution in [0.25, 0.3) is 0 Å². The number of ether oxygens (including phenoxy) is 3. The number of rotatable bonds is 5. The molecule has 3 fully saturated rings. The zero-order valence-corrected chi connectivity index (χ0v) is 18.6. The third kappa shape index (κ3) is 4.84. The summed E-state index contributed by atoms with van der Waals surface area (Å²) in [5.41, 5.74) is 0.538. The second-order valence-corrected chi connectivity index (χ2v) is 9.75. The van der Waals surface area contributed by atoms with Crippen molar-refractivity contribution in [2.45, 2.75) is 81.1 Å². The number of fused-ring (bicyclic) bond motifs is 3. The predicted molar refractivity (Wildman–Crippen MR) is 111 cm³/mol. The molecular formula is C22H24ClF3N2O6. The summed E-state index contributed by atoms with van der Waals surface area (Å²) in [6.45, 7) is 0. The van der Waals surface area contributed by atoms with Gasteiger partial charge in [-0.25, -0.2) is 0 Å². The van der Waals surface area contributed by atoms with Crippen LogP contribution in [0.3, 0.4) is 0 Å². The van der Waals surface area contributed by atoms with Crippen molar-refractivity contribution in [1.29, 1.82) is 0 Å². The molecule has 186 valence electrons. The number of hydrogen-bond acceptors (Lipinski definition) is 6. The lowest BCUT2D eigenvalue weighted by molar-refractivity contribution is -0.351. The van der Waals surface area contributed by atoms with Crippen LogP contribution in [0.2, 0.25) is 5.02 Å². The molecule has 4 unspecified atom stereocenters. The predicted octanol–water partition coefficient (Wildman–Crippen LogP) is 2.37. The van der Waals surface area contributed by atoms with Gasteiger partial charge in [0.05, 0.1) is 36.4 Å². The Morgan fingerprint density at radius 3 is 2.50 bits per heavy atom. The molecule has 1 aromatic carbocycles. The van der Waals surface area contributed by atoms with Crippen molar-refractivity contribution in [2.24, 2.45) is 5.92 Å². The number of aliphatic hydroxyl groups excluding tert-OH is 1. The minimum absolute atomic E-state index is 0.0896. The lowest BCUT2D eigenvalue weighted by atomic mass is 9.83. The van der Waals surface area contributed by atoms with Gasteiger partial charge in [-0.1, -0.05) is 11.6 Å². The average Bonchev–Trinajstić information content (AvgIpc) is 3.32. The van der Waals surface area contributed by atoms with Crippen molar-refractivity contribution in [3.8, 4) is 5.75 Å². The molecule has 3 N–H and O–H groups in total. The number of aliphatic hydroxyl groups is 1. The van der Waals surface area contributed by atoms with E-state index in [1.54, 1.807) is 18.2 Å². The first-order chi connectivity index (χ1) is 16.1. The summed E-state index contributed by atoms with van der Waals surface area (Å²) in [6.07, 6.45) is -6.88. The molecule has 8 nitrogen and oxygen atoms in total. The number of alkyl halides is 3. The molecule has 1 aliphatic carbocycles. The fourth-order valence-corrected chi connectivity index (χ4v) is 5.40. The lowest BCUT2D eigenvalue weighted by Gasteiger charge is -2.37. The first-order valence-electron chi connectivity index (χ1n) is 11.2. The van der Waals surface area contributed by atoms with Crippen LogP contribution in [-0.4, -0.2) is 59.8 Å². The Kier molecular flexibility index (Phi) is 6.16. The molecule has 3 aliphatic heterocycles. The van der Waals surface area contributed by atoms with Crippen LogP contribution in [0.4, 0.5) is 13.2 Å². The number of carbonyl (C=O) groups excluding carboxylic acids is 2. The molecule has 0 radical (unpaired) electrons. The summed E-state index contributed by atoms with van der Waals surface area (Å²) in [5.74, 6) is -0.623. The van der Waals surface area contributed by atoms with E-state index in [1.807, 2.05) is 0 Å². The topological polar surface area (TPSA) is 106 Å². The quantitative estimate of drug-likeness (QED) is 0.568. The van der Waals surface area contributed by atoms with E-state index >= 15 is 0 Å². The number of amides is 2. The van der Waals surface area contributed by atoms with E-state index in [9.17, 15) is 27.9 Å². The van der Waals surface area contributed by atoms with Crippen molar-refractivity contribution in [3.63, 3.8) is 0 Å².